The first-order chi connectivity index (χ1) is 13.8. The van der Waals surface area contributed by atoms with Crippen molar-refractivity contribution in [2.24, 2.45) is 7.05 Å². The lowest BCUT2D eigenvalue weighted by Crippen LogP contribution is -2.32. The number of anilines is 2. The second-order valence-corrected chi connectivity index (χ2v) is 6.44. The number of aliphatic hydroxyl groups excluding tert-OH is 2. The van der Waals surface area contributed by atoms with Gasteiger partial charge in [0, 0.05) is 7.05 Å². The van der Waals surface area contributed by atoms with E-state index in [0.717, 1.165) is 4.57 Å². The average Bonchev–Trinajstić information content (AvgIpc) is 3.17. The molecule has 3 rings (SSSR count). The molecule has 29 heavy (non-hydrogen) atoms. The van der Waals surface area contributed by atoms with Gasteiger partial charge in [0.05, 0.1) is 23.9 Å². The van der Waals surface area contributed by atoms with Gasteiger partial charge in [0.2, 0.25) is 0 Å². The number of aryl methyl sites for hydroxylation is 1. The van der Waals surface area contributed by atoms with Gasteiger partial charge in [-0.1, -0.05) is 6.07 Å². The molecule has 0 saturated heterocycles. The van der Waals surface area contributed by atoms with Gasteiger partial charge in [0.1, 0.15) is 29.9 Å². The zero-order valence-electron chi connectivity index (χ0n) is 15.7. The Bertz CT molecular complexity index is 1110. The fourth-order valence-electron chi connectivity index (χ4n) is 2.74. The van der Waals surface area contributed by atoms with Crippen molar-refractivity contribution in [1.29, 1.82) is 0 Å². The highest BCUT2D eigenvalue weighted by Gasteiger charge is 2.24. The molecule has 0 saturated carbocycles. The Kier molecular flexibility index (Phi) is 5.97. The Morgan fingerprint density at radius 2 is 2.14 bits per heavy atom. The lowest BCUT2D eigenvalue weighted by atomic mass is 10.1. The number of aromatic nitrogens is 1. The number of furan rings is 1. The average molecular weight is 405 g/mol. The van der Waals surface area contributed by atoms with Crippen molar-refractivity contribution in [1.82, 2.24) is 10.0 Å². The molecule has 0 bridgehead atoms. The molecule has 1 amide bonds. The Morgan fingerprint density at radius 3 is 2.83 bits per heavy atom. The number of hydroxylamine groups is 1. The minimum Gasteiger partial charge on any atom is -0.463 e. The first kappa shape index (κ1) is 20.5. The number of aliphatic hydroxyl groups is 2. The summed E-state index contributed by atoms with van der Waals surface area (Å²) in [5.41, 5.74) is 2.34. The van der Waals surface area contributed by atoms with Crippen molar-refractivity contribution < 1.29 is 28.7 Å². The van der Waals surface area contributed by atoms with Crippen LogP contribution in [0.3, 0.4) is 0 Å². The van der Waals surface area contributed by atoms with Crippen LogP contribution in [-0.4, -0.2) is 40.0 Å². The molecular formula is C19H20FN3O6. The van der Waals surface area contributed by atoms with Crippen molar-refractivity contribution in [3.05, 3.63) is 57.8 Å². The molecule has 0 radical (unpaired) electrons. The van der Waals surface area contributed by atoms with Gasteiger partial charge in [-0.05, 0) is 30.7 Å². The summed E-state index contributed by atoms with van der Waals surface area (Å²) in [6.45, 7) is 0.830. The maximum absolute atomic E-state index is 14.3. The number of amides is 1. The third kappa shape index (κ3) is 4.14. The molecule has 0 spiro atoms. The van der Waals surface area contributed by atoms with Crippen LogP contribution in [0.4, 0.5) is 15.9 Å². The molecule has 0 aliphatic rings. The van der Waals surface area contributed by atoms with Crippen LogP contribution in [0.5, 0.6) is 0 Å². The van der Waals surface area contributed by atoms with E-state index in [4.69, 9.17) is 14.4 Å². The van der Waals surface area contributed by atoms with E-state index >= 15 is 0 Å². The summed E-state index contributed by atoms with van der Waals surface area (Å²) in [5.74, 6) is -1.37. The summed E-state index contributed by atoms with van der Waals surface area (Å²) in [6.07, 6.45) is 0.0773. The number of carbonyl (C=O) groups excluding carboxylic acids is 1. The Labute approximate surface area is 164 Å². The quantitative estimate of drug-likeness (QED) is 0.437. The summed E-state index contributed by atoms with van der Waals surface area (Å²) in [5, 5.41) is 21.1. The second-order valence-electron chi connectivity index (χ2n) is 6.44. The molecule has 1 unspecified atom stereocenters. The number of benzene rings is 1. The molecule has 4 N–H and O–H groups in total. The van der Waals surface area contributed by atoms with Crippen LogP contribution in [0.1, 0.15) is 15.9 Å². The zero-order valence-corrected chi connectivity index (χ0v) is 15.7. The predicted molar refractivity (Wildman–Crippen MR) is 102 cm³/mol. The fourth-order valence-corrected chi connectivity index (χ4v) is 2.74. The molecule has 2 aromatic heterocycles. The van der Waals surface area contributed by atoms with E-state index in [1.807, 2.05) is 0 Å². The summed E-state index contributed by atoms with van der Waals surface area (Å²) in [4.78, 5) is 30.3. The van der Waals surface area contributed by atoms with Gasteiger partial charge in [-0.2, -0.15) is 0 Å². The van der Waals surface area contributed by atoms with Crippen LogP contribution < -0.4 is 16.4 Å². The Hall–Kier alpha value is -3.21. The van der Waals surface area contributed by atoms with Gasteiger partial charge in [-0.3, -0.25) is 19.0 Å². The van der Waals surface area contributed by atoms with Gasteiger partial charge in [0.25, 0.3) is 11.5 Å². The number of nitrogens with zero attached hydrogens (tertiary/aromatic N) is 1. The number of halogens is 1. The molecule has 0 aliphatic carbocycles. The van der Waals surface area contributed by atoms with Gasteiger partial charge in [-0.15, -0.1) is 0 Å². The van der Waals surface area contributed by atoms with E-state index < -0.39 is 30.0 Å². The van der Waals surface area contributed by atoms with Gasteiger partial charge in [0.15, 0.2) is 5.58 Å². The summed E-state index contributed by atoms with van der Waals surface area (Å²) in [6, 6.07) is 5.89. The van der Waals surface area contributed by atoms with E-state index in [2.05, 4.69) is 10.8 Å². The molecule has 0 fully saturated rings. The SMILES string of the molecule is Cc1ccc(Nc2c(C(=O)NOCC(O)CO)c3occc3c(=O)n2C)c(F)c1. The first-order valence-electron chi connectivity index (χ1n) is 8.68. The molecule has 3 aromatic rings. The Morgan fingerprint density at radius 1 is 1.38 bits per heavy atom. The zero-order chi connectivity index (χ0) is 21.1. The van der Waals surface area contributed by atoms with E-state index in [1.54, 1.807) is 13.0 Å². The smallest absolute Gasteiger partial charge is 0.282 e. The first-order valence-corrected chi connectivity index (χ1v) is 8.68. The van der Waals surface area contributed by atoms with Crippen LogP contribution in [0.15, 0.2) is 39.7 Å². The van der Waals surface area contributed by atoms with Crippen LogP contribution in [0, 0.1) is 12.7 Å². The summed E-state index contributed by atoms with van der Waals surface area (Å²) < 4.78 is 20.8. The highest BCUT2D eigenvalue weighted by atomic mass is 19.1. The normalized spacial score (nSPS) is 12.2. The van der Waals surface area contributed by atoms with Crippen molar-refractivity contribution in [2.45, 2.75) is 13.0 Å². The third-order valence-electron chi connectivity index (χ3n) is 4.26. The number of rotatable bonds is 7. The summed E-state index contributed by atoms with van der Waals surface area (Å²) >= 11 is 0. The van der Waals surface area contributed by atoms with Crippen LogP contribution >= 0.6 is 0 Å². The molecule has 9 nitrogen and oxygen atoms in total. The van der Waals surface area contributed by atoms with Crippen molar-refractivity contribution in [3.8, 4) is 0 Å². The van der Waals surface area contributed by atoms with E-state index in [9.17, 15) is 19.1 Å². The van der Waals surface area contributed by atoms with Crippen LogP contribution in [0.25, 0.3) is 11.0 Å². The van der Waals surface area contributed by atoms with Crippen LogP contribution in [-0.2, 0) is 11.9 Å². The lowest BCUT2D eigenvalue weighted by Gasteiger charge is -2.17. The topological polar surface area (TPSA) is 126 Å². The number of fused-ring (bicyclic) bond motifs is 1. The molecule has 10 heteroatoms. The highest BCUT2D eigenvalue weighted by molar-refractivity contribution is 6.09. The molecule has 1 aromatic carbocycles. The Balaban J connectivity index is 2.05. The van der Waals surface area contributed by atoms with Gasteiger partial charge in [-0.25, -0.2) is 9.87 Å². The minimum absolute atomic E-state index is 0.00748. The van der Waals surface area contributed by atoms with E-state index in [0.29, 0.717) is 5.56 Å². The minimum atomic E-state index is -1.18. The predicted octanol–water partition coefficient (Wildman–Crippen LogP) is 1.34. The van der Waals surface area contributed by atoms with Crippen molar-refractivity contribution in [3.63, 3.8) is 0 Å². The van der Waals surface area contributed by atoms with Crippen molar-refractivity contribution in [2.75, 3.05) is 18.5 Å². The van der Waals surface area contributed by atoms with Gasteiger partial charge < -0.3 is 19.9 Å². The number of carbonyl (C=O) groups is 1. The largest absolute Gasteiger partial charge is 0.463 e. The third-order valence-corrected chi connectivity index (χ3v) is 4.26. The second kappa shape index (κ2) is 8.43. The molecular weight excluding hydrogens is 385 g/mol. The van der Waals surface area contributed by atoms with Crippen LogP contribution in [0.2, 0.25) is 0 Å². The van der Waals surface area contributed by atoms with Gasteiger partial charge >= 0.3 is 0 Å². The standard InChI is InChI=1S/C19H20FN3O6/c1-10-3-4-14(13(20)7-10)21-17-15(18(26)22-29-9-11(25)8-24)16-12(5-6-28-16)19(27)23(17)2/h3-7,11,21,24-25H,8-9H2,1-2H3,(H,22,26). The van der Waals surface area contributed by atoms with Crippen molar-refractivity contribution >= 4 is 28.4 Å². The molecule has 1 atom stereocenters. The number of pyridine rings is 1. The molecule has 0 aliphatic heterocycles. The number of hydrogen-bond acceptors (Lipinski definition) is 7. The highest BCUT2D eigenvalue weighted by Crippen LogP contribution is 2.28. The molecule has 2 heterocycles. The molecule has 154 valence electrons. The monoisotopic (exact) mass is 405 g/mol. The lowest BCUT2D eigenvalue weighted by molar-refractivity contribution is -0.0294. The maximum atomic E-state index is 14.3. The number of hydrogen-bond donors (Lipinski definition) is 4. The van der Waals surface area contributed by atoms with E-state index in [-0.39, 0.29) is 34.6 Å². The fraction of sp³-hybridized carbons (Fsp3) is 0.263. The van der Waals surface area contributed by atoms with E-state index in [1.165, 1.54) is 31.5 Å². The summed E-state index contributed by atoms with van der Waals surface area (Å²) in [7, 11) is 1.43. The number of nitrogens with one attached hydrogen (secondary N) is 2. The maximum Gasteiger partial charge on any atom is 0.282 e.